The van der Waals surface area contributed by atoms with E-state index in [4.69, 9.17) is 15.9 Å². The molecular weight excluding hydrogens is 460 g/mol. The lowest BCUT2D eigenvalue weighted by Crippen LogP contribution is -2.15. The third-order valence-electron chi connectivity index (χ3n) is 5.85. The zero-order chi connectivity index (χ0) is 25.4. The van der Waals surface area contributed by atoms with Crippen molar-refractivity contribution in [3.8, 4) is 0 Å². The van der Waals surface area contributed by atoms with Crippen LogP contribution in [0.1, 0.15) is 70.5 Å². The number of nitrogen functional groups attached to an aromatic ring is 1. The molecule has 0 radical (unpaired) electrons. The van der Waals surface area contributed by atoms with E-state index >= 15 is 0 Å². The number of nitrogens with one attached hydrogen (secondary N) is 1. The fourth-order valence-electron chi connectivity index (χ4n) is 4.34. The third-order valence-corrected chi connectivity index (χ3v) is 6.65. The number of hydrogen-bond donors (Lipinski definition) is 4. The highest BCUT2D eigenvalue weighted by atomic mass is 32.2. The standard InChI is InChI=1S/C21H24N6S.C3H8O2.C2H6/c22-20-19-21(24-12-23-20)27(13-25-19)17-7-5-14(9-17)11-26-28-18-8-6-15-3-1-2-4-16(15)10-18;1-3(2,4)5;1-2/h2,4,6,8,10,12-14,17,26H,1,3,5,7,9,11H2,(H2,22,23,24);4-5H,1-2H3;1-2H3. The van der Waals surface area contributed by atoms with Gasteiger partial charge in [0.15, 0.2) is 17.3 Å². The third kappa shape index (κ3) is 7.76. The number of aryl methyl sites for hydroxylation is 1. The molecule has 5 rings (SSSR count). The van der Waals surface area contributed by atoms with Crippen molar-refractivity contribution >= 4 is 35.0 Å². The molecule has 2 atom stereocenters. The van der Waals surface area contributed by atoms with Crippen LogP contribution in [0.25, 0.3) is 17.2 Å². The largest absolute Gasteiger partial charge is 0.382 e. The van der Waals surface area contributed by atoms with E-state index in [2.05, 4.69) is 54.6 Å². The van der Waals surface area contributed by atoms with Crippen molar-refractivity contribution in [3.63, 3.8) is 0 Å². The molecule has 1 fully saturated rings. The molecule has 3 aromatic rings. The molecule has 2 heterocycles. The van der Waals surface area contributed by atoms with E-state index in [9.17, 15) is 0 Å². The molecule has 1 aromatic carbocycles. The number of anilines is 1. The minimum absolute atomic E-state index is 0.435. The number of benzene rings is 1. The second-order valence-electron chi connectivity index (χ2n) is 9.16. The van der Waals surface area contributed by atoms with Gasteiger partial charge >= 0.3 is 0 Å². The van der Waals surface area contributed by atoms with Crippen molar-refractivity contribution in [1.82, 2.24) is 24.2 Å². The first-order valence-corrected chi connectivity index (χ1v) is 13.2. The zero-order valence-corrected chi connectivity index (χ0v) is 21.9. The van der Waals surface area contributed by atoms with Crippen LogP contribution < -0.4 is 10.5 Å². The maximum absolute atomic E-state index is 8.08. The van der Waals surface area contributed by atoms with E-state index in [1.54, 1.807) is 11.9 Å². The summed E-state index contributed by atoms with van der Waals surface area (Å²) < 4.78 is 5.76. The van der Waals surface area contributed by atoms with Crippen LogP contribution >= 0.6 is 11.9 Å². The topological polar surface area (TPSA) is 122 Å². The summed E-state index contributed by atoms with van der Waals surface area (Å²) in [5, 5.41) is 16.2. The Morgan fingerprint density at radius 2 is 1.94 bits per heavy atom. The number of rotatable bonds is 5. The van der Waals surface area contributed by atoms with Crippen molar-refractivity contribution in [2.75, 3.05) is 12.3 Å². The van der Waals surface area contributed by atoms with Crippen LogP contribution in [0.2, 0.25) is 0 Å². The van der Waals surface area contributed by atoms with E-state index < -0.39 is 5.79 Å². The van der Waals surface area contributed by atoms with Gasteiger partial charge in [-0.3, -0.25) is 4.72 Å². The highest BCUT2D eigenvalue weighted by Gasteiger charge is 2.27. The molecule has 2 aromatic heterocycles. The van der Waals surface area contributed by atoms with Gasteiger partial charge in [-0.2, -0.15) is 0 Å². The number of aromatic nitrogens is 4. The molecule has 8 nitrogen and oxygen atoms in total. The monoisotopic (exact) mass is 498 g/mol. The Bertz CT molecular complexity index is 1120. The van der Waals surface area contributed by atoms with Crippen molar-refractivity contribution in [1.29, 1.82) is 0 Å². The summed E-state index contributed by atoms with van der Waals surface area (Å²) in [7, 11) is 0. The molecule has 35 heavy (non-hydrogen) atoms. The van der Waals surface area contributed by atoms with E-state index in [-0.39, 0.29) is 0 Å². The van der Waals surface area contributed by atoms with Crippen LogP contribution in [-0.4, -0.2) is 42.1 Å². The second-order valence-corrected chi connectivity index (χ2v) is 10.1. The molecule has 0 aliphatic heterocycles. The lowest BCUT2D eigenvalue weighted by Gasteiger charge is -2.15. The fraction of sp³-hybridized carbons (Fsp3) is 0.500. The lowest BCUT2D eigenvalue weighted by atomic mass is 9.98. The van der Waals surface area contributed by atoms with Gasteiger partial charge in [0.2, 0.25) is 0 Å². The van der Waals surface area contributed by atoms with Crippen LogP contribution in [0.4, 0.5) is 5.82 Å². The van der Waals surface area contributed by atoms with Crippen LogP contribution in [0.3, 0.4) is 0 Å². The van der Waals surface area contributed by atoms with Crippen LogP contribution in [-0.2, 0) is 6.42 Å². The number of hydrogen-bond acceptors (Lipinski definition) is 8. The zero-order valence-electron chi connectivity index (χ0n) is 21.1. The SMILES string of the molecule is CC.CC(C)(O)O.Nc1ncnc2c1ncn2C1CCC(CNSc2ccc3c(c2)C=CCC3)C1. The Kier molecular flexibility index (Phi) is 9.68. The van der Waals surface area contributed by atoms with Gasteiger partial charge < -0.3 is 20.5 Å². The van der Waals surface area contributed by atoms with E-state index in [0.717, 1.165) is 37.9 Å². The average molecular weight is 499 g/mol. The first kappa shape index (κ1) is 27.1. The number of imidazole rings is 1. The summed E-state index contributed by atoms with van der Waals surface area (Å²) in [5.41, 5.74) is 10.3. The molecule has 1 saturated carbocycles. The van der Waals surface area contributed by atoms with Crippen molar-refractivity contribution < 1.29 is 10.2 Å². The highest BCUT2D eigenvalue weighted by molar-refractivity contribution is 7.97. The summed E-state index contributed by atoms with van der Waals surface area (Å²) in [5.74, 6) is -0.386. The Morgan fingerprint density at radius 1 is 1.17 bits per heavy atom. The van der Waals surface area contributed by atoms with Crippen molar-refractivity contribution in [2.45, 2.75) is 76.5 Å². The smallest absolute Gasteiger partial charge is 0.165 e. The summed E-state index contributed by atoms with van der Waals surface area (Å²) in [6, 6.07) is 7.23. The lowest BCUT2D eigenvalue weighted by molar-refractivity contribution is -0.127. The Labute approximate surface area is 212 Å². The molecular formula is C26H38N6O2S. The fourth-order valence-corrected chi connectivity index (χ4v) is 5.14. The van der Waals surface area contributed by atoms with Gasteiger partial charge in [0.05, 0.1) is 6.33 Å². The quantitative estimate of drug-likeness (QED) is 0.294. The van der Waals surface area contributed by atoms with E-state index in [0.29, 0.717) is 23.3 Å². The maximum Gasteiger partial charge on any atom is 0.165 e. The van der Waals surface area contributed by atoms with Gasteiger partial charge in [-0.25, -0.2) is 15.0 Å². The summed E-state index contributed by atoms with van der Waals surface area (Å²) in [4.78, 5) is 14.1. The molecule has 2 aliphatic rings. The molecule has 0 saturated heterocycles. The molecule has 5 N–H and O–H groups in total. The number of aliphatic hydroxyl groups is 2. The number of allylic oxidation sites excluding steroid dienone is 1. The summed E-state index contributed by atoms with van der Waals surface area (Å²) in [6.07, 6.45) is 13.7. The van der Waals surface area contributed by atoms with Crippen molar-refractivity contribution in [3.05, 3.63) is 48.1 Å². The minimum atomic E-state index is -1.50. The number of fused-ring (bicyclic) bond motifs is 2. The van der Waals surface area contributed by atoms with Crippen LogP contribution in [0.5, 0.6) is 0 Å². The van der Waals surface area contributed by atoms with Gasteiger partial charge in [0, 0.05) is 17.5 Å². The molecule has 2 aliphatic carbocycles. The molecule has 2 unspecified atom stereocenters. The maximum atomic E-state index is 8.08. The average Bonchev–Trinajstić information content (AvgIpc) is 3.47. The first-order valence-electron chi connectivity index (χ1n) is 12.3. The molecule has 190 valence electrons. The second kappa shape index (κ2) is 12.5. The van der Waals surface area contributed by atoms with E-state index in [1.165, 1.54) is 42.6 Å². The Balaban J connectivity index is 0.000000438. The molecule has 0 spiro atoms. The van der Waals surface area contributed by atoms with Gasteiger partial charge in [0.1, 0.15) is 11.8 Å². The summed E-state index contributed by atoms with van der Waals surface area (Å²) >= 11 is 1.74. The number of nitrogens with two attached hydrogens (primary N) is 1. The van der Waals surface area contributed by atoms with Gasteiger partial charge in [-0.15, -0.1) is 0 Å². The van der Waals surface area contributed by atoms with Gasteiger partial charge in [0.25, 0.3) is 0 Å². The molecule has 0 amide bonds. The Hall–Kier alpha value is -2.46. The Morgan fingerprint density at radius 3 is 2.71 bits per heavy atom. The number of nitrogens with zero attached hydrogens (tertiary/aromatic N) is 4. The predicted octanol–water partition coefficient (Wildman–Crippen LogP) is 4.74. The minimum Gasteiger partial charge on any atom is -0.382 e. The normalized spacial score (nSPS) is 18.9. The van der Waals surface area contributed by atoms with Crippen molar-refractivity contribution in [2.24, 2.45) is 5.92 Å². The van der Waals surface area contributed by atoms with Crippen LogP contribution in [0.15, 0.2) is 41.8 Å². The first-order chi connectivity index (χ1) is 16.8. The van der Waals surface area contributed by atoms with E-state index in [1.807, 2.05) is 20.2 Å². The van der Waals surface area contributed by atoms with Gasteiger partial charge in [-0.05, 0) is 87.1 Å². The molecule has 0 bridgehead atoms. The predicted molar refractivity (Wildman–Crippen MR) is 144 cm³/mol. The highest BCUT2D eigenvalue weighted by Crippen LogP contribution is 2.36. The van der Waals surface area contributed by atoms with Crippen LogP contribution in [0, 0.1) is 5.92 Å². The van der Waals surface area contributed by atoms with Gasteiger partial charge in [-0.1, -0.05) is 32.1 Å². The molecule has 9 heteroatoms. The summed E-state index contributed by atoms with van der Waals surface area (Å²) in [6.45, 7) is 7.61.